The molecule has 0 fully saturated rings. The fraction of sp³-hybridized carbons (Fsp3) is 0.429. The molecule has 0 bridgehead atoms. The lowest BCUT2D eigenvalue weighted by molar-refractivity contribution is -0.121. The molecule has 1 atom stereocenters. The van der Waals surface area contributed by atoms with E-state index in [-0.39, 0.29) is 36.6 Å². The van der Waals surface area contributed by atoms with Gasteiger partial charge in [-0.15, -0.1) is 0 Å². The molecule has 1 aromatic heterocycles. The zero-order valence-corrected chi connectivity index (χ0v) is 16.3. The first-order valence-electron chi connectivity index (χ1n) is 9.37. The topological polar surface area (TPSA) is 89.8 Å². The van der Waals surface area contributed by atoms with Crippen LogP contribution in [0.4, 0.5) is 0 Å². The van der Waals surface area contributed by atoms with Crippen molar-refractivity contribution in [2.24, 2.45) is 5.41 Å². The average molecular weight is 384 g/mol. The van der Waals surface area contributed by atoms with Gasteiger partial charge >= 0.3 is 0 Å². The molecule has 2 amide bonds. The highest BCUT2D eigenvalue weighted by molar-refractivity contribution is 5.97. The summed E-state index contributed by atoms with van der Waals surface area (Å²) in [5.74, 6) is 2.35. The molecule has 2 N–H and O–H groups in total. The number of rotatable bonds is 4. The minimum absolute atomic E-state index is 0.0327. The van der Waals surface area contributed by atoms with Crippen LogP contribution < -0.4 is 20.1 Å². The minimum atomic E-state index is -0.336. The van der Waals surface area contributed by atoms with Gasteiger partial charge in [0.2, 0.25) is 12.7 Å². The van der Waals surface area contributed by atoms with Crippen molar-refractivity contribution in [1.29, 1.82) is 0 Å². The lowest BCUT2D eigenvalue weighted by Crippen LogP contribution is -2.41. The van der Waals surface area contributed by atoms with Crippen LogP contribution in [0.15, 0.2) is 28.7 Å². The van der Waals surface area contributed by atoms with Crippen molar-refractivity contribution in [3.8, 4) is 11.5 Å². The van der Waals surface area contributed by atoms with E-state index in [1.54, 1.807) is 18.2 Å². The fourth-order valence-corrected chi connectivity index (χ4v) is 3.86. The summed E-state index contributed by atoms with van der Waals surface area (Å²) >= 11 is 0. The summed E-state index contributed by atoms with van der Waals surface area (Å²) in [5, 5.41) is 5.69. The van der Waals surface area contributed by atoms with Crippen molar-refractivity contribution in [3.05, 3.63) is 46.9 Å². The Morgan fingerprint density at radius 1 is 1.18 bits per heavy atom. The van der Waals surface area contributed by atoms with Crippen molar-refractivity contribution in [2.45, 2.75) is 39.7 Å². The van der Waals surface area contributed by atoms with Gasteiger partial charge in [0, 0.05) is 17.5 Å². The van der Waals surface area contributed by atoms with Crippen molar-refractivity contribution in [1.82, 2.24) is 10.6 Å². The predicted molar refractivity (Wildman–Crippen MR) is 101 cm³/mol. The predicted octanol–water partition coefficient (Wildman–Crippen LogP) is 2.88. The number of amides is 2. The molecular weight excluding hydrogens is 360 g/mol. The summed E-state index contributed by atoms with van der Waals surface area (Å²) in [6.07, 6.45) is 1.67. The van der Waals surface area contributed by atoms with Crippen LogP contribution in [0.2, 0.25) is 0 Å². The Morgan fingerprint density at radius 3 is 2.79 bits per heavy atom. The highest BCUT2D eigenvalue weighted by Gasteiger charge is 2.35. The third-order valence-corrected chi connectivity index (χ3v) is 5.12. The molecule has 1 aliphatic heterocycles. The minimum Gasteiger partial charge on any atom is -0.466 e. The van der Waals surface area contributed by atoms with Gasteiger partial charge in [-0.1, -0.05) is 13.8 Å². The molecule has 2 aliphatic rings. The van der Waals surface area contributed by atoms with Gasteiger partial charge < -0.3 is 24.5 Å². The van der Waals surface area contributed by atoms with Gasteiger partial charge in [0.25, 0.3) is 5.91 Å². The van der Waals surface area contributed by atoms with E-state index < -0.39 is 0 Å². The number of hydrogen-bond acceptors (Lipinski definition) is 5. The molecule has 1 aromatic carbocycles. The summed E-state index contributed by atoms with van der Waals surface area (Å²) < 4.78 is 16.3. The Kier molecular flexibility index (Phi) is 4.53. The first-order chi connectivity index (χ1) is 13.3. The molecule has 0 radical (unpaired) electrons. The van der Waals surface area contributed by atoms with Gasteiger partial charge in [-0.3, -0.25) is 9.59 Å². The van der Waals surface area contributed by atoms with Crippen LogP contribution in [-0.2, 0) is 11.2 Å². The summed E-state index contributed by atoms with van der Waals surface area (Å²) in [6.45, 7) is 6.28. The molecule has 7 heteroatoms. The van der Waals surface area contributed by atoms with Gasteiger partial charge in [-0.2, -0.15) is 0 Å². The molecule has 4 rings (SSSR count). The first-order valence-corrected chi connectivity index (χ1v) is 9.37. The van der Waals surface area contributed by atoms with Crippen LogP contribution in [0.1, 0.15) is 53.8 Å². The van der Waals surface area contributed by atoms with Crippen LogP contribution in [0.25, 0.3) is 0 Å². The highest BCUT2D eigenvalue weighted by Crippen LogP contribution is 2.42. The quantitative estimate of drug-likeness (QED) is 0.846. The average Bonchev–Trinajstić information content (AvgIpc) is 3.23. The van der Waals surface area contributed by atoms with E-state index in [2.05, 4.69) is 24.5 Å². The van der Waals surface area contributed by atoms with Crippen LogP contribution in [0, 0.1) is 12.3 Å². The number of carbonyl (C=O) groups is 2. The Morgan fingerprint density at radius 2 is 1.96 bits per heavy atom. The first kappa shape index (κ1) is 18.4. The molecule has 2 heterocycles. The van der Waals surface area contributed by atoms with E-state index in [0.29, 0.717) is 17.1 Å². The SMILES string of the molecule is Cc1cc2c(o1)CC(C)(C)C[C@@H]2NC(=O)CNC(=O)c1ccc2c(c1)OCO2. The number of nitrogens with one attached hydrogen (secondary N) is 2. The number of hydrogen-bond donors (Lipinski definition) is 2. The number of furan rings is 1. The maximum atomic E-state index is 12.5. The number of ether oxygens (including phenoxy) is 2. The summed E-state index contributed by atoms with van der Waals surface area (Å²) in [7, 11) is 0. The van der Waals surface area contributed by atoms with Gasteiger partial charge in [0.15, 0.2) is 11.5 Å². The van der Waals surface area contributed by atoms with E-state index in [4.69, 9.17) is 13.9 Å². The second-order valence-electron chi connectivity index (χ2n) is 8.15. The van der Waals surface area contributed by atoms with Crippen molar-refractivity contribution in [3.63, 3.8) is 0 Å². The molecule has 0 spiro atoms. The molecule has 28 heavy (non-hydrogen) atoms. The number of aryl methyl sites for hydroxylation is 1. The zero-order valence-electron chi connectivity index (χ0n) is 16.3. The molecule has 0 saturated carbocycles. The fourth-order valence-electron chi connectivity index (χ4n) is 3.86. The maximum absolute atomic E-state index is 12.5. The van der Waals surface area contributed by atoms with Crippen molar-refractivity contribution >= 4 is 11.8 Å². The molecule has 148 valence electrons. The lowest BCUT2D eigenvalue weighted by atomic mass is 9.74. The normalized spacial score (nSPS) is 19.0. The van der Waals surface area contributed by atoms with Crippen molar-refractivity contribution < 1.29 is 23.5 Å². The molecule has 7 nitrogen and oxygen atoms in total. The van der Waals surface area contributed by atoms with Crippen LogP contribution >= 0.6 is 0 Å². The van der Waals surface area contributed by atoms with E-state index in [0.717, 1.165) is 29.9 Å². The standard InChI is InChI=1S/C21H24N2O5/c1-12-6-14-15(8-21(2,3)9-18(14)28-12)23-19(24)10-22-20(25)13-4-5-16-17(7-13)27-11-26-16/h4-7,15H,8-11H2,1-3H3,(H,22,25)(H,23,24)/t15-/m0/s1. The van der Waals surface area contributed by atoms with E-state index >= 15 is 0 Å². The van der Waals surface area contributed by atoms with Gasteiger partial charge in [0.05, 0.1) is 12.6 Å². The maximum Gasteiger partial charge on any atom is 0.251 e. The summed E-state index contributed by atoms with van der Waals surface area (Å²) in [6, 6.07) is 6.81. The number of benzene rings is 1. The monoisotopic (exact) mass is 384 g/mol. The molecule has 1 aliphatic carbocycles. The highest BCUT2D eigenvalue weighted by atomic mass is 16.7. The second-order valence-corrected chi connectivity index (χ2v) is 8.15. The van der Waals surface area contributed by atoms with E-state index in [1.807, 2.05) is 13.0 Å². The van der Waals surface area contributed by atoms with E-state index in [1.165, 1.54) is 0 Å². The molecule has 2 aromatic rings. The van der Waals surface area contributed by atoms with Crippen LogP contribution in [-0.4, -0.2) is 25.2 Å². The number of fused-ring (bicyclic) bond motifs is 2. The Balaban J connectivity index is 1.37. The van der Waals surface area contributed by atoms with Gasteiger partial charge in [-0.05, 0) is 43.0 Å². The second kappa shape index (κ2) is 6.89. The molecular formula is C21H24N2O5. The lowest BCUT2D eigenvalue weighted by Gasteiger charge is -2.34. The van der Waals surface area contributed by atoms with Gasteiger partial charge in [-0.25, -0.2) is 0 Å². The largest absolute Gasteiger partial charge is 0.466 e. The third-order valence-electron chi connectivity index (χ3n) is 5.12. The van der Waals surface area contributed by atoms with Crippen molar-refractivity contribution in [2.75, 3.05) is 13.3 Å². The van der Waals surface area contributed by atoms with Crippen LogP contribution in [0.3, 0.4) is 0 Å². The zero-order chi connectivity index (χ0) is 19.9. The van der Waals surface area contributed by atoms with Gasteiger partial charge in [0.1, 0.15) is 11.5 Å². The summed E-state index contributed by atoms with van der Waals surface area (Å²) in [5.41, 5.74) is 1.49. The molecule has 0 unspecified atom stereocenters. The summed E-state index contributed by atoms with van der Waals surface area (Å²) in [4.78, 5) is 24.8. The number of carbonyl (C=O) groups excluding carboxylic acids is 2. The smallest absolute Gasteiger partial charge is 0.251 e. The van der Waals surface area contributed by atoms with E-state index in [9.17, 15) is 9.59 Å². The molecule has 0 saturated heterocycles. The third kappa shape index (κ3) is 3.69. The Labute approximate surface area is 163 Å². The van der Waals surface area contributed by atoms with Crippen LogP contribution in [0.5, 0.6) is 11.5 Å². The Hall–Kier alpha value is -2.96. The Bertz CT molecular complexity index is 931.